The summed E-state index contributed by atoms with van der Waals surface area (Å²) in [7, 11) is -0.524. The van der Waals surface area contributed by atoms with Crippen molar-refractivity contribution < 1.29 is 17.9 Å². The largest absolute Gasteiger partial charge is 0.497 e. The zero-order valence-corrected chi connectivity index (χ0v) is 13.3. The van der Waals surface area contributed by atoms with Gasteiger partial charge < -0.3 is 15.2 Å². The van der Waals surface area contributed by atoms with Crippen LogP contribution in [0.3, 0.4) is 0 Å². The van der Waals surface area contributed by atoms with E-state index >= 15 is 0 Å². The average Bonchev–Trinajstić information content (AvgIpc) is 2.55. The second-order valence-electron chi connectivity index (χ2n) is 4.72. The van der Waals surface area contributed by atoms with Crippen LogP contribution in [-0.4, -0.2) is 29.2 Å². The van der Waals surface area contributed by atoms with E-state index in [0.717, 1.165) is 0 Å². The number of ether oxygens (including phenoxy) is 2. The van der Waals surface area contributed by atoms with Gasteiger partial charge in [-0.3, -0.25) is 0 Å². The van der Waals surface area contributed by atoms with Crippen molar-refractivity contribution in [1.29, 1.82) is 0 Å². The first-order valence-corrected chi connectivity index (χ1v) is 8.29. The van der Waals surface area contributed by atoms with Crippen LogP contribution in [0.4, 0.5) is 0 Å². The van der Waals surface area contributed by atoms with Crippen molar-refractivity contribution in [3.63, 3.8) is 0 Å². The maximum absolute atomic E-state index is 12.8. The first-order valence-electron chi connectivity index (χ1n) is 6.75. The Morgan fingerprint density at radius 3 is 2.18 bits per heavy atom. The molecule has 0 aromatic heterocycles. The van der Waals surface area contributed by atoms with Gasteiger partial charge in [0.15, 0.2) is 9.84 Å². The first-order chi connectivity index (χ1) is 10.5. The Bertz CT molecular complexity index is 726. The molecule has 0 saturated carbocycles. The van der Waals surface area contributed by atoms with E-state index in [-0.39, 0.29) is 11.4 Å². The van der Waals surface area contributed by atoms with Gasteiger partial charge in [-0.1, -0.05) is 12.1 Å². The number of nitrogens with two attached hydrogens (primary N) is 1. The van der Waals surface area contributed by atoms with Crippen LogP contribution in [0, 0.1) is 0 Å². The zero-order valence-electron chi connectivity index (χ0n) is 12.5. The summed E-state index contributed by atoms with van der Waals surface area (Å²) in [6, 6.07) is 13.2. The monoisotopic (exact) mass is 321 g/mol. The molecule has 2 N–H and O–H groups in total. The molecule has 118 valence electrons. The molecule has 0 fully saturated rings. The first kappa shape index (κ1) is 16.3. The molecule has 0 aliphatic heterocycles. The van der Waals surface area contributed by atoms with Crippen LogP contribution >= 0.6 is 0 Å². The molecule has 2 rings (SSSR count). The van der Waals surface area contributed by atoms with Crippen LogP contribution in [-0.2, 0) is 9.84 Å². The lowest BCUT2D eigenvalue weighted by atomic mass is 10.1. The minimum atomic E-state index is -3.59. The number of hydrogen-bond acceptors (Lipinski definition) is 5. The fourth-order valence-corrected chi connectivity index (χ4v) is 3.82. The molecule has 0 amide bonds. The Balaban J connectivity index is 2.43. The lowest BCUT2D eigenvalue weighted by Crippen LogP contribution is -2.22. The van der Waals surface area contributed by atoms with Gasteiger partial charge in [-0.05, 0) is 42.0 Å². The van der Waals surface area contributed by atoms with Crippen molar-refractivity contribution in [3.8, 4) is 11.5 Å². The van der Waals surface area contributed by atoms with Crippen LogP contribution in [0.15, 0.2) is 53.4 Å². The highest BCUT2D eigenvalue weighted by Crippen LogP contribution is 2.30. The summed E-state index contributed by atoms with van der Waals surface area (Å²) in [6.45, 7) is -0.0124. The number of methoxy groups -OCH3 is 2. The zero-order chi connectivity index (χ0) is 16.2. The summed E-state index contributed by atoms with van der Waals surface area (Å²) < 4.78 is 35.8. The molecular formula is C16H19NO4S. The second-order valence-corrected chi connectivity index (χ2v) is 6.85. The maximum Gasteiger partial charge on any atom is 0.186 e. The average molecular weight is 321 g/mol. The molecule has 2 aromatic carbocycles. The smallest absolute Gasteiger partial charge is 0.186 e. The van der Waals surface area contributed by atoms with Crippen LogP contribution in [0.5, 0.6) is 11.5 Å². The molecule has 5 nitrogen and oxygen atoms in total. The quantitative estimate of drug-likeness (QED) is 0.882. The molecule has 2 aromatic rings. The molecule has 0 radical (unpaired) electrons. The van der Waals surface area contributed by atoms with Crippen molar-refractivity contribution in [2.24, 2.45) is 5.73 Å². The molecule has 0 bridgehead atoms. The summed E-state index contributed by atoms with van der Waals surface area (Å²) >= 11 is 0. The van der Waals surface area contributed by atoms with E-state index in [9.17, 15) is 8.42 Å². The normalized spacial score (nSPS) is 12.7. The van der Waals surface area contributed by atoms with Gasteiger partial charge in [0.05, 0.1) is 19.1 Å². The minimum absolute atomic E-state index is 0.0124. The molecule has 1 atom stereocenters. The number of hydrogen-bond donors (Lipinski definition) is 1. The molecule has 22 heavy (non-hydrogen) atoms. The Hall–Kier alpha value is -2.05. The Morgan fingerprint density at radius 2 is 1.64 bits per heavy atom. The van der Waals surface area contributed by atoms with Crippen molar-refractivity contribution in [3.05, 3.63) is 54.1 Å². The van der Waals surface area contributed by atoms with Crippen molar-refractivity contribution in [2.75, 3.05) is 20.8 Å². The summed E-state index contributed by atoms with van der Waals surface area (Å²) in [6.07, 6.45) is 0. The third-order valence-corrected chi connectivity index (χ3v) is 5.59. The molecular weight excluding hydrogens is 302 g/mol. The van der Waals surface area contributed by atoms with Gasteiger partial charge in [0, 0.05) is 6.54 Å². The standard InChI is InChI=1S/C16H19NO4S/c1-20-13-6-8-15(9-7-13)22(18,19)16(11-17)12-4-3-5-14(10-12)21-2/h3-10,16H,11,17H2,1-2H3. The van der Waals surface area contributed by atoms with Crippen LogP contribution in [0.2, 0.25) is 0 Å². The topological polar surface area (TPSA) is 78.6 Å². The Morgan fingerprint density at radius 1 is 1.00 bits per heavy atom. The summed E-state index contributed by atoms with van der Waals surface area (Å²) in [5.74, 6) is 1.20. The second kappa shape index (κ2) is 6.81. The van der Waals surface area contributed by atoms with Gasteiger partial charge in [0.2, 0.25) is 0 Å². The van der Waals surface area contributed by atoms with Crippen LogP contribution in [0.1, 0.15) is 10.8 Å². The van der Waals surface area contributed by atoms with E-state index in [1.807, 2.05) is 0 Å². The van der Waals surface area contributed by atoms with Crippen LogP contribution < -0.4 is 15.2 Å². The fraction of sp³-hybridized carbons (Fsp3) is 0.250. The summed E-state index contributed by atoms with van der Waals surface area (Å²) in [5.41, 5.74) is 6.34. The number of rotatable bonds is 6. The number of benzene rings is 2. The van der Waals surface area contributed by atoms with Gasteiger partial charge in [0.1, 0.15) is 16.7 Å². The van der Waals surface area contributed by atoms with E-state index in [1.54, 1.807) is 36.4 Å². The van der Waals surface area contributed by atoms with E-state index < -0.39 is 15.1 Å². The Labute approximate surface area is 130 Å². The van der Waals surface area contributed by atoms with Crippen LogP contribution in [0.25, 0.3) is 0 Å². The highest BCUT2D eigenvalue weighted by Gasteiger charge is 2.28. The van der Waals surface area contributed by atoms with Crippen molar-refractivity contribution >= 4 is 9.84 Å². The molecule has 0 saturated heterocycles. The molecule has 6 heteroatoms. The van der Waals surface area contributed by atoms with E-state index in [2.05, 4.69) is 0 Å². The SMILES string of the molecule is COc1ccc(S(=O)(=O)C(CN)c2cccc(OC)c2)cc1. The molecule has 0 aliphatic rings. The van der Waals surface area contributed by atoms with E-state index in [1.165, 1.54) is 26.4 Å². The summed E-state index contributed by atoms with van der Waals surface area (Å²) in [5, 5.41) is -0.823. The fourth-order valence-electron chi connectivity index (χ4n) is 2.21. The van der Waals surface area contributed by atoms with Gasteiger partial charge in [-0.2, -0.15) is 0 Å². The highest BCUT2D eigenvalue weighted by atomic mass is 32.2. The molecule has 0 heterocycles. The maximum atomic E-state index is 12.8. The van der Waals surface area contributed by atoms with Gasteiger partial charge in [-0.15, -0.1) is 0 Å². The van der Waals surface area contributed by atoms with Gasteiger partial charge in [-0.25, -0.2) is 8.42 Å². The lowest BCUT2D eigenvalue weighted by molar-refractivity contribution is 0.414. The van der Waals surface area contributed by atoms with Gasteiger partial charge in [0.25, 0.3) is 0 Å². The van der Waals surface area contributed by atoms with Crippen molar-refractivity contribution in [1.82, 2.24) is 0 Å². The molecule has 0 spiro atoms. The van der Waals surface area contributed by atoms with Gasteiger partial charge >= 0.3 is 0 Å². The third kappa shape index (κ3) is 3.23. The predicted octanol–water partition coefficient (Wildman–Crippen LogP) is 2.18. The highest BCUT2D eigenvalue weighted by molar-refractivity contribution is 7.91. The van der Waals surface area contributed by atoms with Crippen molar-refractivity contribution in [2.45, 2.75) is 10.1 Å². The third-order valence-electron chi connectivity index (χ3n) is 3.44. The summed E-state index contributed by atoms with van der Waals surface area (Å²) in [4.78, 5) is 0.214. The number of sulfone groups is 1. The Kier molecular flexibility index (Phi) is 5.05. The van der Waals surface area contributed by atoms with E-state index in [4.69, 9.17) is 15.2 Å². The molecule has 1 unspecified atom stereocenters. The van der Waals surface area contributed by atoms with E-state index in [0.29, 0.717) is 17.1 Å². The predicted molar refractivity (Wildman–Crippen MR) is 85.0 cm³/mol. The lowest BCUT2D eigenvalue weighted by Gasteiger charge is -2.17. The molecule has 0 aliphatic carbocycles. The minimum Gasteiger partial charge on any atom is -0.497 e.